The van der Waals surface area contributed by atoms with Gasteiger partial charge >= 0.3 is 5.97 Å². The van der Waals surface area contributed by atoms with Gasteiger partial charge in [0.1, 0.15) is 0 Å². The van der Waals surface area contributed by atoms with Crippen LogP contribution in [0.15, 0.2) is 6.07 Å². The van der Waals surface area contributed by atoms with Crippen LogP contribution in [0.4, 0.5) is 0 Å². The summed E-state index contributed by atoms with van der Waals surface area (Å²) in [5, 5.41) is 0. The molecule has 1 unspecified atom stereocenters. The minimum absolute atomic E-state index is 0.290. The Morgan fingerprint density at radius 2 is 2.17 bits per heavy atom. The number of methoxy groups -OCH3 is 1. The molecule has 1 heterocycles. The molecule has 1 aromatic heterocycles. The number of hydrogen-bond acceptors (Lipinski definition) is 4. The van der Waals surface area contributed by atoms with Crippen molar-refractivity contribution in [3.8, 4) is 0 Å². The molecular weight excluding hydrogens is 254 g/mol. The molecule has 1 aliphatic carbocycles. The van der Waals surface area contributed by atoms with Crippen LogP contribution >= 0.6 is 0 Å². The Bertz CT molecular complexity index is 585. The topological polar surface area (TPSA) is 65.4 Å². The highest BCUT2D eigenvalue weighted by Gasteiger charge is 2.32. The van der Waals surface area contributed by atoms with E-state index in [1.54, 1.807) is 13.0 Å². The summed E-state index contributed by atoms with van der Waals surface area (Å²) in [6, 6.07) is 1.79. The maximum Gasteiger partial charge on any atom is 0.313 e. The molecule has 0 radical (unpaired) electrons. The zero-order chi connectivity index (χ0) is 13.5. The Balaban J connectivity index is 2.59. The number of carbonyl (C=O) groups excluding carboxylic acids is 1. The first-order chi connectivity index (χ1) is 8.36. The Kier molecular flexibility index (Phi) is 3.23. The molecule has 0 bridgehead atoms. The Labute approximate surface area is 107 Å². The summed E-state index contributed by atoms with van der Waals surface area (Å²) in [6.45, 7) is 1.74. The lowest BCUT2D eigenvalue weighted by molar-refractivity contribution is -0.142. The third-order valence-electron chi connectivity index (χ3n) is 3.36. The first-order valence-electron chi connectivity index (χ1n) is 5.85. The van der Waals surface area contributed by atoms with Gasteiger partial charge in [0.15, 0.2) is 0 Å². The van der Waals surface area contributed by atoms with Gasteiger partial charge in [0, 0.05) is 11.4 Å². The third kappa shape index (κ3) is 2.05. The highest BCUT2D eigenvalue weighted by atomic mass is 32.2. The Hall–Kier alpha value is -1.30. The summed E-state index contributed by atoms with van der Waals surface area (Å²) < 4.78 is 29.7. The number of rotatable bonds is 2. The van der Waals surface area contributed by atoms with E-state index in [0.29, 0.717) is 18.5 Å². The van der Waals surface area contributed by atoms with E-state index in [-0.39, 0.29) is 11.9 Å². The molecular formula is C12H17NO4S. The fraction of sp³-hybridized carbons (Fsp3) is 0.583. The summed E-state index contributed by atoms with van der Waals surface area (Å²) in [4.78, 5) is 11.7. The predicted molar refractivity (Wildman–Crippen MR) is 67.1 cm³/mol. The van der Waals surface area contributed by atoms with Crippen LogP contribution in [0.2, 0.25) is 0 Å². The van der Waals surface area contributed by atoms with Gasteiger partial charge in [-0.05, 0) is 37.8 Å². The van der Waals surface area contributed by atoms with Gasteiger partial charge in [0.2, 0.25) is 10.0 Å². The number of hydrogen-bond donors (Lipinski definition) is 0. The molecule has 18 heavy (non-hydrogen) atoms. The van der Waals surface area contributed by atoms with Crippen LogP contribution in [0.5, 0.6) is 0 Å². The Morgan fingerprint density at radius 1 is 1.50 bits per heavy atom. The van der Waals surface area contributed by atoms with Crippen LogP contribution < -0.4 is 0 Å². The monoisotopic (exact) mass is 271 g/mol. The van der Waals surface area contributed by atoms with Crippen molar-refractivity contribution in [2.75, 3.05) is 13.4 Å². The average Bonchev–Trinajstić information content (AvgIpc) is 2.63. The number of aromatic nitrogens is 1. The second kappa shape index (κ2) is 4.42. The highest BCUT2D eigenvalue weighted by molar-refractivity contribution is 7.89. The van der Waals surface area contributed by atoms with Crippen molar-refractivity contribution in [2.45, 2.75) is 32.1 Å². The number of nitrogens with zero attached hydrogens (tertiary/aromatic N) is 1. The van der Waals surface area contributed by atoms with Crippen LogP contribution in [0.3, 0.4) is 0 Å². The zero-order valence-electron chi connectivity index (χ0n) is 10.8. The van der Waals surface area contributed by atoms with Crippen molar-refractivity contribution in [2.24, 2.45) is 0 Å². The van der Waals surface area contributed by atoms with Crippen molar-refractivity contribution < 1.29 is 17.9 Å². The second-order valence-corrected chi connectivity index (χ2v) is 6.51. The van der Waals surface area contributed by atoms with Crippen LogP contribution in [-0.2, 0) is 26.0 Å². The minimum atomic E-state index is -3.32. The van der Waals surface area contributed by atoms with E-state index in [1.807, 2.05) is 0 Å². The maximum absolute atomic E-state index is 11.8. The molecule has 6 heteroatoms. The highest BCUT2D eigenvalue weighted by Crippen LogP contribution is 2.35. The van der Waals surface area contributed by atoms with E-state index >= 15 is 0 Å². The largest absolute Gasteiger partial charge is 0.469 e. The van der Waals surface area contributed by atoms with Crippen LogP contribution in [0.25, 0.3) is 0 Å². The fourth-order valence-electron chi connectivity index (χ4n) is 2.72. The maximum atomic E-state index is 11.8. The van der Waals surface area contributed by atoms with Crippen molar-refractivity contribution in [1.82, 2.24) is 3.97 Å². The number of aryl methyl sites for hydroxylation is 1. The second-order valence-electron chi connectivity index (χ2n) is 4.68. The van der Waals surface area contributed by atoms with Crippen molar-refractivity contribution in [1.29, 1.82) is 0 Å². The molecule has 0 amide bonds. The van der Waals surface area contributed by atoms with E-state index in [2.05, 4.69) is 0 Å². The smallest absolute Gasteiger partial charge is 0.313 e. The molecule has 0 aromatic carbocycles. The number of carbonyl (C=O) groups is 1. The van der Waals surface area contributed by atoms with Crippen LogP contribution in [0.1, 0.15) is 35.7 Å². The van der Waals surface area contributed by atoms with Gasteiger partial charge in [0.25, 0.3) is 0 Å². The summed E-state index contributed by atoms with van der Waals surface area (Å²) in [5.74, 6) is -0.623. The van der Waals surface area contributed by atoms with Gasteiger partial charge in [-0.15, -0.1) is 0 Å². The summed E-state index contributed by atoms with van der Waals surface area (Å²) >= 11 is 0. The first-order valence-corrected chi connectivity index (χ1v) is 7.70. The van der Waals surface area contributed by atoms with Crippen molar-refractivity contribution in [3.05, 3.63) is 23.0 Å². The van der Waals surface area contributed by atoms with E-state index in [0.717, 1.165) is 17.7 Å². The standard InChI is InChI=1S/C12H17NO4S/c1-8-7-10-9(12(14)17-2)5-4-6-11(10)13(8)18(3,15)16/h7,9H,4-6H2,1-3H3. The van der Waals surface area contributed by atoms with Gasteiger partial charge in [0.05, 0.1) is 19.3 Å². The molecule has 1 aromatic rings. The van der Waals surface area contributed by atoms with E-state index in [9.17, 15) is 13.2 Å². The fourth-order valence-corrected chi connectivity index (χ4v) is 3.90. The molecule has 0 aliphatic heterocycles. The third-order valence-corrected chi connectivity index (χ3v) is 4.53. The van der Waals surface area contributed by atoms with Crippen molar-refractivity contribution >= 4 is 16.0 Å². The van der Waals surface area contributed by atoms with Crippen molar-refractivity contribution in [3.63, 3.8) is 0 Å². The molecule has 5 nitrogen and oxygen atoms in total. The van der Waals surface area contributed by atoms with Gasteiger partial charge in [-0.25, -0.2) is 12.4 Å². The lowest BCUT2D eigenvalue weighted by Gasteiger charge is -2.21. The first kappa shape index (κ1) is 13.1. The van der Waals surface area contributed by atoms with Crippen LogP contribution in [0, 0.1) is 6.92 Å². The van der Waals surface area contributed by atoms with Gasteiger partial charge in [-0.3, -0.25) is 4.79 Å². The van der Waals surface area contributed by atoms with Gasteiger partial charge in [-0.2, -0.15) is 0 Å². The minimum Gasteiger partial charge on any atom is -0.469 e. The summed E-state index contributed by atoms with van der Waals surface area (Å²) in [6.07, 6.45) is 3.38. The van der Waals surface area contributed by atoms with Gasteiger partial charge in [-0.1, -0.05) is 0 Å². The molecule has 0 spiro atoms. The molecule has 0 N–H and O–H groups in total. The summed E-state index contributed by atoms with van der Waals surface area (Å²) in [7, 11) is -1.96. The molecule has 2 rings (SSSR count). The number of esters is 1. The normalized spacial score (nSPS) is 19.4. The lowest BCUT2D eigenvalue weighted by atomic mass is 9.87. The Morgan fingerprint density at radius 3 is 2.72 bits per heavy atom. The molecule has 1 atom stereocenters. The van der Waals surface area contributed by atoms with E-state index in [1.165, 1.54) is 17.3 Å². The van der Waals surface area contributed by atoms with E-state index in [4.69, 9.17) is 4.74 Å². The van der Waals surface area contributed by atoms with E-state index < -0.39 is 10.0 Å². The predicted octanol–water partition coefficient (Wildman–Crippen LogP) is 1.20. The zero-order valence-corrected chi connectivity index (χ0v) is 11.6. The average molecular weight is 271 g/mol. The number of fused-ring (bicyclic) bond motifs is 1. The van der Waals surface area contributed by atoms with Crippen LogP contribution in [-0.4, -0.2) is 31.7 Å². The lowest BCUT2D eigenvalue weighted by Crippen LogP contribution is -2.22. The quantitative estimate of drug-likeness (QED) is 0.758. The molecule has 0 fully saturated rings. The van der Waals surface area contributed by atoms with Gasteiger partial charge < -0.3 is 4.74 Å². The molecule has 1 aliphatic rings. The number of ether oxygens (including phenoxy) is 1. The SMILES string of the molecule is COC(=O)C1CCCc2c1cc(C)n2S(C)(=O)=O. The molecule has 0 saturated heterocycles. The molecule has 0 saturated carbocycles. The summed E-state index contributed by atoms with van der Waals surface area (Å²) in [5.41, 5.74) is 2.19. The molecule has 100 valence electrons.